The second-order valence-corrected chi connectivity index (χ2v) is 8.23. The van der Waals surface area contributed by atoms with E-state index in [0.29, 0.717) is 43.2 Å². The zero-order valence-corrected chi connectivity index (χ0v) is 18.2. The van der Waals surface area contributed by atoms with E-state index in [1.165, 1.54) is 22.8 Å². The Morgan fingerprint density at radius 3 is 2.59 bits per heavy atom. The Labute approximate surface area is 190 Å². The van der Waals surface area contributed by atoms with Crippen LogP contribution in [0.15, 0.2) is 69.9 Å². The quantitative estimate of drug-likeness (QED) is 0.293. The van der Waals surface area contributed by atoms with E-state index in [4.69, 9.17) is 20.8 Å². The van der Waals surface area contributed by atoms with Crippen molar-refractivity contribution < 1.29 is 13.9 Å². The molecule has 0 aliphatic heterocycles. The number of benzene rings is 2. The summed E-state index contributed by atoms with van der Waals surface area (Å²) in [5, 5.41) is 4.90. The molecule has 0 unspecified atom stereocenters. The van der Waals surface area contributed by atoms with Crippen molar-refractivity contribution in [3.05, 3.63) is 86.3 Å². The van der Waals surface area contributed by atoms with Gasteiger partial charge in [-0.25, -0.2) is 0 Å². The monoisotopic (exact) mass is 463 g/mol. The van der Waals surface area contributed by atoms with Crippen LogP contribution in [0.25, 0.3) is 33.7 Å². The maximum atomic E-state index is 12.9. The molecule has 0 saturated heterocycles. The average Bonchev–Trinajstić information content (AvgIpc) is 3.46. The van der Waals surface area contributed by atoms with Gasteiger partial charge in [0.05, 0.1) is 10.6 Å². The van der Waals surface area contributed by atoms with E-state index >= 15 is 0 Å². The molecule has 3 aromatic heterocycles. The molecule has 158 valence electrons. The van der Waals surface area contributed by atoms with Gasteiger partial charge < -0.3 is 9.15 Å². The lowest BCUT2D eigenvalue weighted by molar-refractivity contribution is -0.131. The number of thiazole rings is 1. The predicted octanol–water partition coefficient (Wildman–Crippen LogP) is 4.20. The second-order valence-electron chi connectivity index (χ2n) is 6.82. The summed E-state index contributed by atoms with van der Waals surface area (Å²) in [7, 11) is 0. The molecule has 0 bridgehead atoms. The highest BCUT2D eigenvalue weighted by Crippen LogP contribution is 2.30. The summed E-state index contributed by atoms with van der Waals surface area (Å²) in [6, 6.07) is 17.9. The van der Waals surface area contributed by atoms with Crippen LogP contribution in [-0.4, -0.2) is 20.6 Å². The molecule has 9 heteroatoms. The van der Waals surface area contributed by atoms with Crippen LogP contribution < -0.4 is 14.8 Å². The highest BCUT2D eigenvalue weighted by atomic mass is 35.5. The molecule has 0 radical (unpaired) electrons. The van der Waals surface area contributed by atoms with Crippen LogP contribution >= 0.6 is 22.9 Å². The molecule has 0 fully saturated rings. The Bertz CT molecular complexity index is 1580. The van der Waals surface area contributed by atoms with Gasteiger partial charge in [0.25, 0.3) is 5.56 Å². The second kappa shape index (κ2) is 8.07. The van der Waals surface area contributed by atoms with E-state index < -0.39 is 5.97 Å². The lowest BCUT2D eigenvalue weighted by atomic mass is 10.2. The maximum absolute atomic E-state index is 12.9. The molecule has 0 aliphatic rings. The summed E-state index contributed by atoms with van der Waals surface area (Å²) in [4.78, 5) is 29.1. The number of aromatic nitrogens is 3. The fourth-order valence-electron chi connectivity index (χ4n) is 3.21. The van der Waals surface area contributed by atoms with Crippen molar-refractivity contribution in [2.75, 3.05) is 0 Å². The van der Waals surface area contributed by atoms with Gasteiger partial charge in [-0.3, -0.25) is 9.59 Å². The number of para-hydroxylation sites is 1. The van der Waals surface area contributed by atoms with Crippen LogP contribution in [0.4, 0.5) is 0 Å². The van der Waals surface area contributed by atoms with E-state index in [1.807, 2.05) is 18.2 Å². The van der Waals surface area contributed by atoms with Crippen LogP contribution in [0.2, 0.25) is 5.02 Å². The third-order valence-corrected chi connectivity index (χ3v) is 5.89. The molecule has 7 nitrogen and oxygen atoms in total. The smallest absolute Gasteiger partial charge is 0.308 e. The Morgan fingerprint density at radius 1 is 1.09 bits per heavy atom. The van der Waals surface area contributed by atoms with E-state index in [1.54, 1.807) is 48.5 Å². The summed E-state index contributed by atoms with van der Waals surface area (Å²) < 4.78 is 12.7. The topological polar surface area (TPSA) is 86.7 Å². The number of furan rings is 1. The summed E-state index contributed by atoms with van der Waals surface area (Å²) in [6.07, 6.45) is 1.65. The maximum Gasteiger partial charge on any atom is 0.308 e. The van der Waals surface area contributed by atoms with Crippen molar-refractivity contribution in [3.63, 3.8) is 0 Å². The zero-order valence-electron chi connectivity index (χ0n) is 16.6. The highest BCUT2D eigenvalue weighted by molar-refractivity contribution is 7.15. The molecular weight excluding hydrogens is 450 g/mol. The minimum absolute atomic E-state index is 0.302. The molecule has 0 atom stereocenters. The van der Waals surface area contributed by atoms with E-state index in [-0.39, 0.29) is 5.56 Å². The number of fused-ring (bicyclic) bond motifs is 1. The van der Waals surface area contributed by atoms with Gasteiger partial charge in [-0.1, -0.05) is 47.2 Å². The zero-order chi connectivity index (χ0) is 22.2. The van der Waals surface area contributed by atoms with E-state index in [0.717, 1.165) is 5.56 Å². The number of rotatable bonds is 4. The highest BCUT2D eigenvalue weighted by Gasteiger charge is 2.16. The van der Waals surface area contributed by atoms with Gasteiger partial charge >= 0.3 is 5.97 Å². The van der Waals surface area contributed by atoms with Crippen molar-refractivity contribution in [1.82, 2.24) is 14.6 Å². The predicted molar refractivity (Wildman–Crippen MR) is 122 cm³/mol. The van der Waals surface area contributed by atoms with Gasteiger partial charge in [-0.15, -0.1) is 5.10 Å². The van der Waals surface area contributed by atoms with Crippen molar-refractivity contribution in [2.24, 2.45) is 0 Å². The van der Waals surface area contributed by atoms with Crippen LogP contribution in [0.1, 0.15) is 12.7 Å². The fraction of sp³-hybridized carbons (Fsp3) is 0.0435. The van der Waals surface area contributed by atoms with Gasteiger partial charge in [0, 0.05) is 18.6 Å². The summed E-state index contributed by atoms with van der Waals surface area (Å²) in [5.41, 5.74) is 0.984. The number of halogens is 1. The van der Waals surface area contributed by atoms with Gasteiger partial charge in [-0.05, 0) is 36.4 Å². The lowest BCUT2D eigenvalue weighted by Crippen LogP contribution is -2.23. The average molecular weight is 464 g/mol. The number of esters is 1. The fourth-order valence-corrected chi connectivity index (χ4v) is 4.33. The Hall–Kier alpha value is -3.75. The van der Waals surface area contributed by atoms with Crippen LogP contribution in [0.3, 0.4) is 0 Å². The number of hydrogen-bond acceptors (Lipinski definition) is 7. The first-order chi connectivity index (χ1) is 15.5. The molecule has 0 spiro atoms. The first kappa shape index (κ1) is 20.2. The molecule has 2 aromatic carbocycles. The van der Waals surface area contributed by atoms with Crippen LogP contribution in [0.5, 0.6) is 5.75 Å². The van der Waals surface area contributed by atoms with Crippen molar-refractivity contribution in [3.8, 4) is 28.5 Å². The number of ether oxygens (including phenoxy) is 1. The molecule has 5 rings (SSSR count). The number of carbonyl (C=O) groups is 1. The van der Waals surface area contributed by atoms with Crippen LogP contribution in [-0.2, 0) is 4.79 Å². The number of hydrogen-bond donors (Lipinski definition) is 0. The molecule has 0 N–H and O–H groups in total. The summed E-state index contributed by atoms with van der Waals surface area (Å²) in [5.74, 6) is 1.31. The Balaban J connectivity index is 1.52. The Morgan fingerprint density at radius 2 is 1.84 bits per heavy atom. The van der Waals surface area contributed by atoms with Crippen molar-refractivity contribution in [1.29, 1.82) is 0 Å². The third-order valence-electron chi connectivity index (χ3n) is 4.60. The lowest BCUT2D eigenvalue weighted by Gasteiger charge is -2.04. The van der Waals surface area contributed by atoms with E-state index in [9.17, 15) is 9.59 Å². The van der Waals surface area contributed by atoms with Gasteiger partial charge in [-0.2, -0.15) is 9.50 Å². The largest absolute Gasteiger partial charge is 0.457 e. The molecule has 3 heterocycles. The first-order valence-corrected chi connectivity index (χ1v) is 10.7. The van der Waals surface area contributed by atoms with Crippen molar-refractivity contribution in [2.45, 2.75) is 6.92 Å². The van der Waals surface area contributed by atoms with Crippen molar-refractivity contribution >= 4 is 39.9 Å². The third kappa shape index (κ3) is 3.70. The van der Waals surface area contributed by atoms with Gasteiger partial charge in [0.1, 0.15) is 21.8 Å². The van der Waals surface area contributed by atoms with Gasteiger partial charge in [0.15, 0.2) is 5.82 Å². The first-order valence-electron chi connectivity index (χ1n) is 9.53. The minimum Gasteiger partial charge on any atom is -0.457 e. The summed E-state index contributed by atoms with van der Waals surface area (Å²) in [6.45, 7) is 1.32. The minimum atomic E-state index is -0.450. The summed E-state index contributed by atoms with van der Waals surface area (Å²) >= 11 is 7.42. The van der Waals surface area contributed by atoms with Gasteiger partial charge in [0.2, 0.25) is 4.96 Å². The number of nitrogens with zero attached hydrogens (tertiary/aromatic N) is 3. The molecule has 0 amide bonds. The normalized spacial score (nSPS) is 11.9. The SMILES string of the molecule is CC(=O)Oc1ccccc1-c1nc2sc(=Cc3ccc(-c4ccccc4Cl)o3)c(=O)n2n1. The standard InChI is InChI=1S/C23H14ClN3O4S/c1-13(28)30-18-9-5-3-7-16(18)21-25-23-27(26-21)22(29)20(32-23)12-14-10-11-19(31-14)15-6-2-4-8-17(15)24/h2-12H,1H3. The van der Waals surface area contributed by atoms with Crippen LogP contribution in [0, 0.1) is 0 Å². The molecule has 0 aliphatic carbocycles. The molecule has 0 saturated carbocycles. The number of carbonyl (C=O) groups excluding carboxylic acids is 1. The Kier molecular flexibility index (Phi) is 5.08. The molecular formula is C23H14ClN3O4S. The molecule has 5 aromatic rings. The van der Waals surface area contributed by atoms with E-state index in [2.05, 4.69) is 10.1 Å². The molecule has 32 heavy (non-hydrogen) atoms.